The van der Waals surface area contributed by atoms with Gasteiger partial charge in [0, 0.05) is 40.0 Å². The average molecular weight is 365 g/mol. The van der Waals surface area contributed by atoms with Crippen molar-refractivity contribution in [3.8, 4) is 16.2 Å². The van der Waals surface area contributed by atoms with Crippen molar-refractivity contribution in [1.29, 1.82) is 0 Å². The van der Waals surface area contributed by atoms with Crippen molar-refractivity contribution in [1.82, 2.24) is 4.57 Å². The molecule has 0 unspecified atom stereocenters. The topological polar surface area (TPSA) is 68.2 Å². The van der Waals surface area contributed by atoms with Gasteiger partial charge in [0.2, 0.25) is 0 Å². The molecule has 0 bridgehead atoms. The lowest BCUT2D eigenvalue weighted by molar-refractivity contribution is 0.476. The van der Waals surface area contributed by atoms with Crippen LogP contribution in [0.25, 0.3) is 21.2 Å². The van der Waals surface area contributed by atoms with Gasteiger partial charge in [-0.25, -0.2) is 0 Å². The largest absolute Gasteiger partial charge is 0.508 e. The van der Waals surface area contributed by atoms with Gasteiger partial charge >= 0.3 is 0 Å². The molecule has 4 nitrogen and oxygen atoms in total. The number of nitrogens with zero attached hydrogens (tertiary/aromatic N) is 1. The van der Waals surface area contributed by atoms with E-state index in [9.17, 15) is 9.90 Å². The van der Waals surface area contributed by atoms with Gasteiger partial charge in [0.15, 0.2) is 0 Å². The standard InChI is InChI=1S/C18H20N2O2S.ClH/c1-11(2)10-20-15(9-19)17(16-4-3-7-23-16)14-8-12(21)5-6-13(14)18(20)22;/h3-8,11,21H,9-10,19H2,1-2H3;1H. The minimum atomic E-state index is -0.0468. The molecule has 0 aliphatic heterocycles. The van der Waals surface area contributed by atoms with Gasteiger partial charge in [0.05, 0.1) is 0 Å². The first-order chi connectivity index (χ1) is 11.0. The van der Waals surface area contributed by atoms with E-state index in [0.29, 0.717) is 17.8 Å². The Balaban J connectivity index is 0.00000208. The Morgan fingerprint density at radius 2 is 2.00 bits per heavy atom. The van der Waals surface area contributed by atoms with Gasteiger partial charge in [-0.2, -0.15) is 0 Å². The number of phenolic OH excluding ortho intramolecular Hbond substituents is 1. The van der Waals surface area contributed by atoms with Crippen molar-refractivity contribution < 1.29 is 5.11 Å². The molecule has 24 heavy (non-hydrogen) atoms. The lowest BCUT2D eigenvalue weighted by atomic mass is 10.0. The quantitative estimate of drug-likeness (QED) is 0.735. The van der Waals surface area contributed by atoms with E-state index in [1.165, 1.54) is 0 Å². The molecule has 0 fully saturated rings. The fourth-order valence-corrected chi connectivity index (χ4v) is 3.76. The third kappa shape index (κ3) is 3.20. The zero-order valence-electron chi connectivity index (χ0n) is 13.7. The smallest absolute Gasteiger partial charge is 0.258 e. The molecule has 6 heteroatoms. The van der Waals surface area contributed by atoms with Crippen LogP contribution >= 0.6 is 23.7 Å². The van der Waals surface area contributed by atoms with E-state index in [2.05, 4.69) is 13.8 Å². The van der Waals surface area contributed by atoms with Gasteiger partial charge in [-0.1, -0.05) is 19.9 Å². The number of aromatic hydroxyl groups is 1. The number of fused-ring (bicyclic) bond motifs is 1. The number of thiophene rings is 1. The van der Waals surface area contributed by atoms with Crippen LogP contribution in [0.1, 0.15) is 19.5 Å². The Hall–Kier alpha value is -1.82. The summed E-state index contributed by atoms with van der Waals surface area (Å²) in [6.07, 6.45) is 0. The van der Waals surface area contributed by atoms with Gasteiger partial charge < -0.3 is 15.4 Å². The molecule has 0 amide bonds. The van der Waals surface area contributed by atoms with E-state index in [0.717, 1.165) is 21.5 Å². The predicted molar refractivity (Wildman–Crippen MR) is 103 cm³/mol. The van der Waals surface area contributed by atoms with Crippen LogP contribution in [0.4, 0.5) is 0 Å². The second kappa shape index (κ2) is 7.38. The van der Waals surface area contributed by atoms with Crippen molar-refractivity contribution in [2.45, 2.75) is 26.9 Å². The van der Waals surface area contributed by atoms with Crippen LogP contribution in [0.3, 0.4) is 0 Å². The molecule has 2 aromatic heterocycles. The molecule has 0 aliphatic rings. The van der Waals surface area contributed by atoms with Crippen LogP contribution in [0.15, 0.2) is 40.5 Å². The van der Waals surface area contributed by atoms with Crippen LogP contribution in [0.5, 0.6) is 5.75 Å². The number of phenols is 1. The SMILES string of the molecule is CC(C)Cn1c(CN)c(-c2cccs2)c2cc(O)ccc2c1=O.Cl. The number of pyridine rings is 1. The van der Waals surface area contributed by atoms with E-state index < -0.39 is 0 Å². The molecule has 0 saturated heterocycles. The second-order valence-electron chi connectivity index (χ2n) is 6.04. The number of halogens is 1. The highest BCUT2D eigenvalue weighted by Crippen LogP contribution is 2.35. The molecule has 2 heterocycles. The summed E-state index contributed by atoms with van der Waals surface area (Å²) < 4.78 is 1.79. The van der Waals surface area contributed by atoms with Crippen molar-refractivity contribution in [3.63, 3.8) is 0 Å². The number of aromatic nitrogens is 1. The molecular weight excluding hydrogens is 344 g/mol. The van der Waals surface area contributed by atoms with Crippen LogP contribution in [0.2, 0.25) is 0 Å². The van der Waals surface area contributed by atoms with E-state index >= 15 is 0 Å². The zero-order chi connectivity index (χ0) is 16.6. The van der Waals surface area contributed by atoms with Gasteiger partial charge in [-0.3, -0.25) is 4.79 Å². The van der Waals surface area contributed by atoms with Crippen molar-refractivity contribution in [3.05, 3.63) is 51.8 Å². The summed E-state index contributed by atoms with van der Waals surface area (Å²) in [5, 5.41) is 13.3. The molecule has 0 aliphatic carbocycles. The fourth-order valence-electron chi connectivity index (χ4n) is 2.95. The average Bonchev–Trinajstić information content (AvgIpc) is 3.03. The van der Waals surface area contributed by atoms with E-state index in [1.54, 1.807) is 34.1 Å². The van der Waals surface area contributed by atoms with Crippen molar-refractivity contribution in [2.75, 3.05) is 0 Å². The third-order valence-electron chi connectivity index (χ3n) is 3.87. The minimum Gasteiger partial charge on any atom is -0.508 e. The monoisotopic (exact) mass is 364 g/mol. The maximum Gasteiger partial charge on any atom is 0.258 e. The summed E-state index contributed by atoms with van der Waals surface area (Å²) >= 11 is 1.61. The summed E-state index contributed by atoms with van der Waals surface area (Å²) in [5.41, 5.74) is 7.74. The summed E-state index contributed by atoms with van der Waals surface area (Å²) in [4.78, 5) is 14.0. The first-order valence-electron chi connectivity index (χ1n) is 7.65. The Labute approximate surface area is 151 Å². The second-order valence-corrected chi connectivity index (χ2v) is 6.99. The fraction of sp³-hybridized carbons (Fsp3) is 0.278. The van der Waals surface area contributed by atoms with Gasteiger partial charge in [0.1, 0.15) is 5.75 Å². The summed E-state index contributed by atoms with van der Waals surface area (Å²) in [6, 6.07) is 8.91. The minimum absolute atomic E-state index is 0. The number of benzene rings is 1. The number of hydrogen-bond donors (Lipinski definition) is 2. The van der Waals surface area contributed by atoms with Gasteiger partial charge in [0.25, 0.3) is 5.56 Å². The Morgan fingerprint density at radius 3 is 2.58 bits per heavy atom. The van der Waals surface area contributed by atoms with Crippen LogP contribution in [-0.2, 0) is 13.1 Å². The third-order valence-corrected chi connectivity index (χ3v) is 4.76. The zero-order valence-corrected chi connectivity index (χ0v) is 15.3. The molecule has 0 radical (unpaired) electrons. The van der Waals surface area contributed by atoms with Gasteiger partial charge in [-0.15, -0.1) is 23.7 Å². The molecule has 3 rings (SSSR count). The molecule has 128 valence electrons. The van der Waals surface area contributed by atoms with Crippen molar-refractivity contribution in [2.24, 2.45) is 11.7 Å². The Morgan fingerprint density at radius 1 is 1.25 bits per heavy atom. The van der Waals surface area contributed by atoms with Crippen LogP contribution < -0.4 is 11.3 Å². The first-order valence-corrected chi connectivity index (χ1v) is 8.53. The molecule has 3 aromatic rings. The normalized spacial score (nSPS) is 11.0. The highest BCUT2D eigenvalue weighted by molar-refractivity contribution is 7.13. The maximum atomic E-state index is 12.9. The lowest BCUT2D eigenvalue weighted by Gasteiger charge is -2.19. The Kier molecular flexibility index (Phi) is 5.70. The Bertz CT molecular complexity index is 902. The lowest BCUT2D eigenvalue weighted by Crippen LogP contribution is -2.28. The van der Waals surface area contributed by atoms with E-state index in [-0.39, 0.29) is 30.3 Å². The molecule has 0 saturated carbocycles. The first kappa shape index (κ1) is 18.5. The molecule has 1 aromatic carbocycles. The highest BCUT2D eigenvalue weighted by Gasteiger charge is 2.18. The summed E-state index contributed by atoms with van der Waals surface area (Å²) in [5.74, 6) is 0.489. The predicted octanol–water partition coefficient (Wildman–Crippen LogP) is 3.97. The summed E-state index contributed by atoms with van der Waals surface area (Å²) in [7, 11) is 0. The highest BCUT2D eigenvalue weighted by atomic mass is 35.5. The van der Waals surface area contributed by atoms with E-state index in [4.69, 9.17) is 5.73 Å². The number of nitrogens with two attached hydrogens (primary N) is 1. The number of hydrogen-bond acceptors (Lipinski definition) is 4. The molecule has 0 spiro atoms. The maximum absolute atomic E-state index is 12.9. The van der Waals surface area contributed by atoms with Gasteiger partial charge in [-0.05, 0) is 35.6 Å². The number of rotatable bonds is 4. The molecule has 0 atom stereocenters. The molecular formula is C18H21ClN2O2S. The van der Waals surface area contributed by atoms with Crippen LogP contribution in [-0.4, -0.2) is 9.67 Å². The van der Waals surface area contributed by atoms with E-state index in [1.807, 2.05) is 17.5 Å². The summed E-state index contributed by atoms with van der Waals surface area (Å²) in [6.45, 7) is 5.07. The van der Waals surface area contributed by atoms with Crippen LogP contribution in [0, 0.1) is 5.92 Å². The van der Waals surface area contributed by atoms with Crippen molar-refractivity contribution >= 4 is 34.5 Å². The molecule has 3 N–H and O–H groups in total.